The third-order valence-corrected chi connectivity index (χ3v) is 5.72. The molecule has 0 aliphatic carbocycles. The molecule has 29 heavy (non-hydrogen) atoms. The first-order valence-corrected chi connectivity index (χ1v) is 10.0. The lowest BCUT2D eigenvalue weighted by Gasteiger charge is -2.35. The standard InChI is InChI=1S/C23H27N5O/c1-26(2)20-9-11-28(12-10-20)23(29)21-13-18(16-27(21)3)19-14-24-22(25-15-19)17-7-5-4-6-8-17/h4-8,13-16,20H,9-12H2,1-3H3. The van der Waals surface area contributed by atoms with Crippen molar-refractivity contribution in [1.82, 2.24) is 24.3 Å². The van der Waals surface area contributed by atoms with Crippen molar-refractivity contribution in [2.24, 2.45) is 7.05 Å². The van der Waals surface area contributed by atoms with Crippen molar-refractivity contribution in [3.63, 3.8) is 0 Å². The SMILES string of the molecule is CN(C)C1CCN(C(=O)c2cc(-c3cnc(-c4ccccc4)nc3)cn2C)CC1. The smallest absolute Gasteiger partial charge is 0.270 e. The highest BCUT2D eigenvalue weighted by Gasteiger charge is 2.26. The summed E-state index contributed by atoms with van der Waals surface area (Å²) in [5.41, 5.74) is 3.56. The number of carbonyl (C=O) groups is 1. The van der Waals surface area contributed by atoms with Gasteiger partial charge in [0.1, 0.15) is 5.69 Å². The lowest BCUT2D eigenvalue weighted by Crippen LogP contribution is -2.44. The molecule has 0 N–H and O–H groups in total. The lowest BCUT2D eigenvalue weighted by atomic mass is 10.0. The fraction of sp³-hybridized carbons (Fsp3) is 0.348. The number of nitrogens with zero attached hydrogens (tertiary/aromatic N) is 5. The minimum Gasteiger partial charge on any atom is -0.346 e. The largest absolute Gasteiger partial charge is 0.346 e. The zero-order valence-electron chi connectivity index (χ0n) is 17.2. The third-order valence-electron chi connectivity index (χ3n) is 5.72. The molecule has 1 aromatic carbocycles. The average Bonchev–Trinajstić information content (AvgIpc) is 3.15. The molecule has 1 aliphatic rings. The van der Waals surface area contributed by atoms with Crippen LogP contribution in [0.25, 0.3) is 22.5 Å². The highest BCUT2D eigenvalue weighted by molar-refractivity contribution is 5.94. The van der Waals surface area contributed by atoms with Gasteiger partial charge in [0, 0.05) is 61.5 Å². The van der Waals surface area contributed by atoms with Crippen LogP contribution in [0, 0.1) is 0 Å². The molecule has 0 unspecified atom stereocenters. The van der Waals surface area contributed by atoms with Crippen molar-refractivity contribution in [3.05, 3.63) is 60.7 Å². The highest BCUT2D eigenvalue weighted by atomic mass is 16.2. The summed E-state index contributed by atoms with van der Waals surface area (Å²) in [5.74, 6) is 0.795. The van der Waals surface area contributed by atoms with Crippen LogP contribution in [0.1, 0.15) is 23.3 Å². The first kappa shape index (κ1) is 19.3. The van der Waals surface area contributed by atoms with Crippen LogP contribution < -0.4 is 0 Å². The molecule has 1 saturated heterocycles. The molecule has 1 fully saturated rings. The minimum atomic E-state index is 0.0952. The summed E-state index contributed by atoms with van der Waals surface area (Å²) in [6.45, 7) is 1.61. The monoisotopic (exact) mass is 389 g/mol. The van der Waals surface area contributed by atoms with E-state index >= 15 is 0 Å². The number of aromatic nitrogens is 3. The fourth-order valence-electron chi connectivity index (χ4n) is 3.90. The van der Waals surface area contributed by atoms with Gasteiger partial charge in [-0.05, 0) is 33.0 Å². The molecular weight excluding hydrogens is 362 g/mol. The molecule has 4 rings (SSSR count). The molecule has 0 saturated carbocycles. The molecule has 1 aliphatic heterocycles. The summed E-state index contributed by atoms with van der Waals surface area (Å²) >= 11 is 0. The number of aryl methyl sites for hydroxylation is 1. The van der Waals surface area contributed by atoms with Crippen LogP contribution in [0.5, 0.6) is 0 Å². The molecule has 0 spiro atoms. The van der Waals surface area contributed by atoms with Gasteiger partial charge >= 0.3 is 0 Å². The number of hydrogen-bond acceptors (Lipinski definition) is 4. The second-order valence-corrected chi connectivity index (χ2v) is 7.87. The van der Waals surface area contributed by atoms with Crippen molar-refractivity contribution in [1.29, 1.82) is 0 Å². The summed E-state index contributed by atoms with van der Waals surface area (Å²) in [6, 6.07) is 12.4. The van der Waals surface area contributed by atoms with Crippen LogP contribution in [-0.4, -0.2) is 63.5 Å². The maximum absolute atomic E-state index is 13.0. The minimum absolute atomic E-state index is 0.0952. The first-order chi connectivity index (χ1) is 14.0. The molecule has 0 radical (unpaired) electrons. The molecule has 0 atom stereocenters. The summed E-state index contributed by atoms with van der Waals surface area (Å²) in [4.78, 5) is 26.3. The van der Waals surface area contributed by atoms with Crippen molar-refractivity contribution >= 4 is 5.91 Å². The van der Waals surface area contributed by atoms with E-state index in [0.717, 1.165) is 42.6 Å². The van der Waals surface area contributed by atoms with E-state index in [2.05, 4.69) is 29.0 Å². The molecule has 0 bridgehead atoms. The van der Waals surface area contributed by atoms with Crippen molar-refractivity contribution in [2.45, 2.75) is 18.9 Å². The van der Waals surface area contributed by atoms with Crippen LogP contribution in [0.4, 0.5) is 0 Å². The summed E-state index contributed by atoms with van der Waals surface area (Å²) in [7, 11) is 6.13. The quantitative estimate of drug-likeness (QED) is 0.687. The molecule has 3 heterocycles. The molecule has 2 aromatic heterocycles. The predicted octanol–water partition coefficient (Wildman–Crippen LogP) is 3.32. The Morgan fingerprint density at radius 3 is 2.28 bits per heavy atom. The van der Waals surface area contributed by atoms with Crippen molar-refractivity contribution in [3.8, 4) is 22.5 Å². The molecule has 6 heteroatoms. The van der Waals surface area contributed by atoms with E-state index in [9.17, 15) is 4.79 Å². The maximum atomic E-state index is 13.0. The van der Waals surface area contributed by atoms with Crippen LogP contribution in [-0.2, 0) is 7.05 Å². The number of rotatable bonds is 4. The number of benzene rings is 1. The van der Waals surface area contributed by atoms with Gasteiger partial charge in [0.05, 0.1) is 0 Å². The van der Waals surface area contributed by atoms with E-state index in [4.69, 9.17) is 0 Å². The van der Waals surface area contributed by atoms with Gasteiger partial charge in [-0.15, -0.1) is 0 Å². The molecular formula is C23H27N5O. The zero-order valence-corrected chi connectivity index (χ0v) is 17.2. The van der Waals surface area contributed by atoms with Crippen LogP contribution in [0.2, 0.25) is 0 Å². The normalized spacial score (nSPS) is 15.1. The Morgan fingerprint density at radius 2 is 1.66 bits per heavy atom. The maximum Gasteiger partial charge on any atom is 0.270 e. The van der Waals surface area contributed by atoms with E-state index in [-0.39, 0.29) is 5.91 Å². The number of amides is 1. The summed E-state index contributed by atoms with van der Waals surface area (Å²) in [5, 5.41) is 0. The van der Waals surface area contributed by atoms with Gasteiger partial charge in [0.2, 0.25) is 0 Å². The lowest BCUT2D eigenvalue weighted by molar-refractivity contribution is 0.0654. The van der Waals surface area contributed by atoms with Crippen LogP contribution in [0.15, 0.2) is 55.0 Å². The Balaban J connectivity index is 1.50. The van der Waals surface area contributed by atoms with Gasteiger partial charge in [-0.25, -0.2) is 9.97 Å². The number of carbonyl (C=O) groups excluding carboxylic acids is 1. The van der Waals surface area contributed by atoms with E-state index in [1.165, 1.54) is 0 Å². The third kappa shape index (κ3) is 4.07. The van der Waals surface area contributed by atoms with Gasteiger partial charge in [0.25, 0.3) is 5.91 Å². The van der Waals surface area contributed by atoms with Gasteiger partial charge < -0.3 is 14.4 Å². The Bertz CT molecular complexity index is 970. The zero-order chi connectivity index (χ0) is 20.4. The average molecular weight is 390 g/mol. The Kier molecular flexibility index (Phi) is 5.45. The number of likely N-dealkylation sites (tertiary alicyclic amines) is 1. The molecule has 6 nitrogen and oxygen atoms in total. The Morgan fingerprint density at radius 1 is 1.00 bits per heavy atom. The fourth-order valence-corrected chi connectivity index (χ4v) is 3.90. The summed E-state index contributed by atoms with van der Waals surface area (Å²) < 4.78 is 1.90. The van der Waals surface area contributed by atoms with E-state index in [1.807, 2.05) is 71.5 Å². The summed E-state index contributed by atoms with van der Waals surface area (Å²) in [6.07, 6.45) is 7.65. The van der Waals surface area contributed by atoms with E-state index in [0.29, 0.717) is 17.6 Å². The van der Waals surface area contributed by atoms with Crippen molar-refractivity contribution in [2.75, 3.05) is 27.2 Å². The van der Waals surface area contributed by atoms with E-state index < -0.39 is 0 Å². The molecule has 1 amide bonds. The van der Waals surface area contributed by atoms with Crippen LogP contribution >= 0.6 is 0 Å². The highest BCUT2D eigenvalue weighted by Crippen LogP contribution is 2.24. The van der Waals surface area contributed by atoms with Gasteiger partial charge in [-0.3, -0.25) is 4.79 Å². The van der Waals surface area contributed by atoms with Crippen molar-refractivity contribution < 1.29 is 4.79 Å². The molecule has 150 valence electrons. The topological polar surface area (TPSA) is 54.3 Å². The number of piperidine rings is 1. The first-order valence-electron chi connectivity index (χ1n) is 10.0. The van der Waals surface area contributed by atoms with Gasteiger partial charge in [-0.1, -0.05) is 30.3 Å². The van der Waals surface area contributed by atoms with Crippen LogP contribution in [0.3, 0.4) is 0 Å². The van der Waals surface area contributed by atoms with Gasteiger partial charge in [-0.2, -0.15) is 0 Å². The Labute approximate surface area is 171 Å². The molecule has 3 aromatic rings. The predicted molar refractivity (Wildman–Crippen MR) is 114 cm³/mol. The number of hydrogen-bond donors (Lipinski definition) is 0. The Hall–Kier alpha value is -2.99. The van der Waals surface area contributed by atoms with E-state index in [1.54, 1.807) is 0 Å². The second-order valence-electron chi connectivity index (χ2n) is 7.87. The second kappa shape index (κ2) is 8.17. The van der Waals surface area contributed by atoms with Gasteiger partial charge in [0.15, 0.2) is 5.82 Å².